The molecule has 2 nitrogen and oxygen atoms in total. The van der Waals surface area contributed by atoms with Gasteiger partial charge in [-0.05, 0) is 32.6 Å². The number of allylic oxidation sites excluding steroid dienone is 6. The van der Waals surface area contributed by atoms with Crippen LogP contribution < -0.4 is 0 Å². The van der Waals surface area contributed by atoms with Crippen molar-refractivity contribution in [1.29, 1.82) is 0 Å². The zero-order valence-electron chi connectivity index (χ0n) is 16.5. The van der Waals surface area contributed by atoms with E-state index in [9.17, 15) is 4.79 Å². The average molecular weight is 346 g/mol. The Hall–Kier alpha value is -1.05. The fraction of sp³-hybridized carbons (Fsp3) is 0.650. The summed E-state index contributed by atoms with van der Waals surface area (Å²) < 4.78 is 4.90. The third kappa shape index (κ3) is 15.2. The van der Waals surface area contributed by atoms with E-state index in [4.69, 9.17) is 36.1 Å². The second-order valence-electron chi connectivity index (χ2n) is 6.66. The molecule has 0 aliphatic heterocycles. The van der Waals surface area contributed by atoms with E-state index in [0.717, 1.165) is 44.9 Å². The summed E-state index contributed by atoms with van der Waals surface area (Å²) in [4.78, 5) is 11.2. The third-order valence-corrected chi connectivity index (χ3v) is 3.77. The van der Waals surface area contributed by atoms with Crippen molar-refractivity contribution in [3.05, 3.63) is 36.5 Å². The summed E-state index contributed by atoms with van der Waals surface area (Å²) in [6.07, 6.45) is 18.1. The van der Waals surface area contributed by atoms with Gasteiger partial charge in [0.05, 0.1) is 38.0 Å². The van der Waals surface area contributed by atoms with Gasteiger partial charge in [-0.15, -0.1) is 0 Å². The Kier molecular flexibility index (Phi) is 13.5. The number of esters is 1. The topological polar surface area (TPSA) is 26.3 Å². The Morgan fingerprint density at radius 3 is 1.92 bits per heavy atom. The quantitative estimate of drug-likeness (QED) is 0.203. The maximum absolute atomic E-state index is 11.2. The zero-order valence-corrected chi connectivity index (χ0v) is 16.5. The Balaban J connectivity index is 3.95. The van der Waals surface area contributed by atoms with Gasteiger partial charge in [0.25, 0.3) is 0 Å². The number of hydrogen-bond donors (Lipinski definition) is 0. The lowest BCUT2D eigenvalue weighted by atomic mass is 9.50. The molecule has 0 bridgehead atoms. The van der Waals surface area contributed by atoms with Gasteiger partial charge in [-0.25, -0.2) is 0 Å². The van der Waals surface area contributed by atoms with Crippen molar-refractivity contribution in [2.75, 3.05) is 6.61 Å². The first-order valence-electron chi connectivity index (χ1n) is 9.59. The highest BCUT2D eigenvalue weighted by molar-refractivity contribution is 6.44. The minimum atomic E-state index is -1.07. The van der Waals surface area contributed by atoms with Crippen LogP contribution in [0, 0.1) is 0 Å². The van der Waals surface area contributed by atoms with E-state index in [1.54, 1.807) is 24.3 Å². The van der Waals surface area contributed by atoms with E-state index in [-0.39, 0.29) is 5.97 Å². The monoisotopic (exact) mass is 346 g/mol. The lowest BCUT2D eigenvalue weighted by Gasteiger charge is -2.21. The molecule has 0 fully saturated rings. The zero-order chi connectivity index (χ0) is 19.9. The minimum Gasteiger partial charge on any atom is -0.466 e. The second kappa shape index (κ2) is 14.1. The summed E-state index contributed by atoms with van der Waals surface area (Å²) in [5, 5.41) is -2.11. The molecule has 0 unspecified atom stereocenters. The van der Waals surface area contributed by atoms with Crippen molar-refractivity contribution >= 4 is 37.4 Å². The molecular formula is C20H30B4O2. The number of carbonyl (C=O) groups excluding carboxylic acids is 1. The van der Waals surface area contributed by atoms with Gasteiger partial charge >= 0.3 is 5.97 Å². The van der Waals surface area contributed by atoms with Gasteiger partial charge in [0, 0.05) is 6.42 Å². The highest BCUT2D eigenvalue weighted by Crippen LogP contribution is 2.27. The van der Waals surface area contributed by atoms with Crippen molar-refractivity contribution in [2.24, 2.45) is 0 Å². The number of carbonyl (C=O) groups is 1. The average Bonchev–Trinajstić information content (AvgIpc) is 2.57. The van der Waals surface area contributed by atoms with Crippen LogP contribution in [0.3, 0.4) is 0 Å². The standard InChI is InChI=1S/C20H30B4O2/c1-3-5-14-19(21,22)16-17-20(23,24)15-12-10-8-6-7-9-11-13-18(25)26-4-2/h5,12,14-17H,3-4,6-11,13H2,1-2H3/b14-5-,15-12-,17-16-. The first-order chi connectivity index (χ1) is 12.2. The highest BCUT2D eigenvalue weighted by Gasteiger charge is 2.12. The Bertz CT molecular complexity index is 468. The van der Waals surface area contributed by atoms with Crippen LogP contribution in [0.2, 0.25) is 10.4 Å². The van der Waals surface area contributed by atoms with Crippen molar-refractivity contribution in [1.82, 2.24) is 0 Å². The van der Waals surface area contributed by atoms with E-state index < -0.39 is 10.4 Å². The smallest absolute Gasteiger partial charge is 0.305 e. The van der Waals surface area contributed by atoms with Crippen LogP contribution in [-0.4, -0.2) is 44.0 Å². The lowest BCUT2D eigenvalue weighted by Crippen LogP contribution is -2.10. The van der Waals surface area contributed by atoms with E-state index in [0.29, 0.717) is 13.0 Å². The van der Waals surface area contributed by atoms with Crippen LogP contribution in [-0.2, 0) is 9.53 Å². The Labute approximate surface area is 165 Å². The molecule has 26 heavy (non-hydrogen) atoms. The van der Waals surface area contributed by atoms with Gasteiger partial charge in [-0.2, -0.15) is 0 Å². The molecule has 0 aliphatic carbocycles. The molecule has 0 aliphatic rings. The van der Waals surface area contributed by atoms with E-state index in [1.165, 1.54) is 0 Å². The summed E-state index contributed by atoms with van der Waals surface area (Å²) in [5.74, 6) is -0.102. The number of ether oxygens (including phenoxy) is 1. The SMILES string of the molecule is [B]C([B])(/C=C\CC)/C=C\C([B])([B])/C=C\CCCCCCCC(=O)OCC. The lowest BCUT2D eigenvalue weighted by molar-refractivity contribution is -0.143. The van der Waals surface area contributed by atoms with Crippen molar-refractivity contribution in [2.45, 2.75) is 75.6 Å². The number of rotatable bonds is 14. The number of hydrogen-bond acceptors (Lipinski definition) is 2. The van der Waals surface area contributed by atoms with Gasteiger partial charge < -0.3 is 4.74 Å². The van der Waals surface area contributed by atoms with Gasteiger partial charge in [-0.3, -0.25) is 4.79 Å². The van der Waals surface area contributed by atoms with Gasteiger partial charge in [0.1, 0.15) is 0 Å². The molecule has 0 aromatic heterocycles. The van der Waals surface area contributed by atoms with Crippen molar-refractivity contribution in [3.8, 4) is 0 Å². The molecule has 0 aromatic carbocycles. The minimum absolute atomic E-state index is 0.102. The maximum Gasteiger partial charge on any atom is 0.305 e. The molecule has 8 radical (unpaired) electrons. The summed E-state index contributed by atoms with van der Waals surface area (Å²) in [6, 6.07) is 0. The fourth-order valence-corrected chi connectivity index (χ4v) is 2.30. The fourth-order valence-electron chi connectivity index (χ4n) is 2.30. The molecule has 0 aromatic rings. The predicted molar refractivity (Wildman–Crippen MR) is 115 cm³/mol. The van der Waals surface area contributed by atoms with Gasteiger partial charge in [0.15, 0.2) is 0 Å². The molecule has 0 spiro atoms. The van der Waals surface area contributed by atoms with Gasteiger partial charge in [0.2, 0.25) is 0 Å². The van der Waals surface area contributed by atoms with E-state index in [1.807, 2.05) is 26.0 Å². The van der Waals surface area contributed by atoms with E-state index in [2.05, 4.69) is 0 Å². The van der Waals surface area contributed by atoms with Crippen molar-refractivity contribution in [3.63, 3.8) is 0 Å². The molecule has 0 atom stereocenters. The van der Waals surface area contributed by atoms with Gasteiger partial charge in [-0.1, -0.05) is 73.1 Å². The first kappa shape index (κ1) is 24.9. The summed E-state index contributed by atoms with van der Waals surface area (Å²) in [5.41, 5.74) is 0. The molecule has 134 valence electrons. The summed E-state index contributed by atoms with van der Waals surface area (Å²) in [6.45, 7) is 4.29. The maximum atomic E-state index is 11.2. The van der Waals surface area contributed by atoms with Crippen LogP contribution >= 0.6 is 0 Å². The van der Waals surface area contributed by atoms with Crippen molar-refractivity contribution < 1.29 is 9.53 Å². The normalized spacial score (nSPS) is 13.2. The second-order valence-corrected chi connectivity index (χ2v) is 6.66. The molecule has 0 N–H and O–H groups in total. The van der Waals surface area contributed by atoms with Crippen LogP contribution in [0.5, 0.6) is 0 Å². The molecule has 0 saturated carbocycles. The Morgan fingerprint density at radius 2 is 1.35 bits per heavy atom. The molecule has 0 amide bonds. The van der Waals surface area contributed by atoms with E-state index >= 15 is 0 Å². The van der Waals surface area contributed by atoms with Crippen LogP contribution in [0.25, 0.3) is 0 Å². The predicted octanol–water partition coefficient (Wildman–Crippen LogP) is 4.27. The first-order valence-corrected chi connectivity index (χ1v) is 9.59. The third-order valence-electron chi connectivity index (χ3n) is 3.77. The molecule has 0 rings (SSSR count). The van der Waals surface area contributed by atoms with Crippen LogP contribution in [0.4, 0.5) is 0 Å². The largest absolute Gasteiger partial charge is 0.466 e. The summed E-state index contributed by atoms with van der Waals surface area (Å²) >= 11 is 0. The summed E-state index contributed by atoms with van der Waals surface area (Å²) in [7, 11) is 23.9. The highest BCUT2D eigenvalue weighted by atomic mass is 16.5. The number of unbranched alkanes of at least 4 members (excludes halogenated alkanes) is 5. The molecular weight excluding hydrogens is 315 g/mol. The Morgan fingerprint density at radius 1 is 0.808 bits per heavy atom. The molecule has 6 heteroatoms. The van der Waals surface area contributed by atoms with Crippen LogP contribution in [0.15, 0.2) is 36.5 Å². The molecule has 0 saturated heterocycles. The van der Waals surface area contributed by atoms with Crippen LogP contribution in [0.1, 0.15) is 65.2 Å². The molecule has 0 heterocycles.